The molecule has 1 N–H and O–H groups in total. The van der Waals surface area contributed by atoms with Crippen molar-refractivity contribution in [1.82, 2.24) is 10.2 Å². The molecule has 3 aromatic rings. The first-order valence-electron chi connectivity index (χ1n) is 12.4. The van der Waals surface area contributed by atoms with Crippen LogP contribution < -0.4 is 19.5 Å². The van der Waals surface area contributed by atoms with Gasteiger partial charge >= 0.3 is 0 Å². The summed E-state index contributed by atoms with van der Waals surface area (Å²) < 4.78 is 22.8. The van der Waals surface area contributed by atoms with Gasteiger partial charge in [-0.05, 0) is 42.3 Å². The molecule has 1 aliphatic rings. The van der Waals surface area contributed by atoms with Crippen molar-refractivity contribution in [3.05, 3.63) is 89.5 Å². The zero-order valence-electron chi connectivity index (χ0n) is 20.9. The van der Waals surface area contributed by atoms with Crippen LogP contribution in [-0.4, -0.2) is 57.4 Å². The van der Waals surface area contributed by atoms with Crippen molar-refractivity contribution in [2.75, 3.05) is 46.6 Å². The number of nitrogens with one attached hydrogen (secondary N) is 1. The van der Waals surface area contributed by atoms with Gasteiger partial charge in [0.25, 0.3) is 5.91 Å². The molecule has 7 heteroatoms. The molecule has 3 aromatic carbocycles. The Morgan fingerprint density at radius 1 is 0.944 bits per heavy atom. The summed E-state index contributed by atoms with van der Waals surface area (Å²) in [5.41, 5.74) is 2.61. The molecule has 190 valence electrons. The van der Waals surface area contributed by atoms with E-state index in [1.165, 1.54) is 0 Å². The van der Waals surface area contributed by atoms with Gasteiger partial charge in [-0.3, -0.25) is 9.69 Å². The Bertz CT molecular complexity index is 1120. The van der Waals surface area contributed by atoms with Gasteiger partial charge in [0.2, 0.25) is 0 Å². The van der Waals surface area contributed by atoms with E-state index in [0.717, 1.165) is 24.2 Å². The van der Waals surface area contributed by atoms with Crippen molar-refractivity contribution >= 4 is 5.91 Å². The first-order chi connectivity index (χ1) is 17.7. The van der Waals surface area contributed by atoms with Gasteiger partial charge in [-0.2, -0.15) is 0 Å². The second-order valence-corrected chi connectivity index (χ2v) is 8.49. The summed E-state index contributed by atoms with van der Waals surface area (Å²) in [4.78, 5) is 15.6. The second-order valence-electron chi connectivity index (χ2n) is 8.49. The number of carbonyl (C=O) groups is 1. The smallest absolute Gasteiger partial charge is 0.255 e. The molecule has 1 fully saturated rings. The summed E-state index contributed by atoms with van der Waals surface area (Å²) in [6, 6.07) is 23.2. The van der Waals surface area contributed by atoms with E-state index >= 15 is 0 Å². The summed E-state index contributed by atoms with van der Waals surface area (Å²) in [7, 11) is 1.64. The first-order valence-corrected chi connectivity index (χ1v) is 12.4. The van der Waals surface area contributed by atoms with Gasteiger partial charge in [0.15, 0.2) is 11.5 Å². The van der Waals surface area contributed by atoms with Crippen LogP contribution >= 0.6 is 0 Å². The van der Waals surface area contributed by atoms with E-state index in [4.69, 9.17) is 18.9 Å². The van der Waals surface area contributed by atoms with Crippen LogP contribution in [0.1, 0.15) is 34.5 Å². The molecular formula is C29H34N2O5. The number of methoxy groups -OCH3 is 1. The second kappa shape index (κ2) is 13.0. The molecule has 1 amide bonds. The lowest BCUT2D eigenvalue weighted by atomic mass is 10.0. The highest BCUT2D eigenvalue weighted by atomic mass is 16.5. The van der Waals surface area contributed by atoms with E-state index in [2.05, 4.69) is 10.2 Å². The zero-order chi connectivity index (χ0) is 25.2. The van der Waals surface area contributed by atoms with Crippen molar-refractivity contribution in [3.8, 4) is 17.2 Å². The molecule has 0 bridgehead atoms. The lowest BCUT2D eigenvalue weighted by molar-refractivity contribution is 0.0161. The molecule has 0 spiro atoms. The molecular weight excluding hydrogens is 456 g/mol. The maximum atomic E-state index is 13.3. The van der Waals surface area contributed by atoms with Gasteiger partial charge < -0.3 is 24.3 Å². The maximum absolute atomic E-state index is 13.3. The number of nitrogens with zero attached hydrogens (tertiary/aromatic N) is 1. The quantitative estimate of drug-likeness (QED) is 0.428. The predicted octanol–water partition coefficient (Wildman–Crippen LogP) is 4.48. The van der Waals surface area contributed by atoms with Crippen molar-refractivity contribution in [1.29, 1.82) is 0 Å². The van der Waals surface area contributed by atoms with E-state index in [-0.39, 0.29) is 11.9 Å². The third-order valence-electron chi connectivity index (χ3n) is 6.18. The first kappa shape index (κ1) is 25.5. The topological polar surface area (TPSA) is 69.3 Å². The van der Waals surface area contributed by atoms with Gasteiger partial charge in [-0.15, -0.1) is 0 Å². The lowest BCUT2D eigenvalue weighted by Crippen LogP contribution is -2.43. The Morgan fingerprint density at radius 3 is 2.44 bits per heavy atom. The highest BCUT2D eigenvalue weighted by Gasteiger charge is 2.25. The minimum absolute atomic E-state index is 0.0418. The average Bonchev–Trinajstić information content (AvgIpc) is 2.94. The Labute approximate surface area is 212 Å². The highest BCUT2D eigenvalue weighted by Crippen LogP contribution is 2.32. The summed E-state index contributed by atoms with van der Waals surface area (Å²) in [6.07, 6.45) is 0. The molecule has 1 saturated heterocycles. The van der Waals surface area contributed by atoms with E-state index in [1.807, 2.05) is 73.7 Å². The number of benzene rings is 3. The van der Waals surface area contributed by atoms with Gasteiger partial charge in [-0.25, -0.2) is 0 Å². The van der Waals surface area contributed by atoms with Crippen LogP contribution in [0, 0.1) is 0 Å². The number of hydrogen-bond acceptors (Lipinski definition) is 6. The highest BCUT2D eigenvalue weighted by molar-refractivity contribution is 5.96. The molecule has 0 aromatic heterocycles. The molecule has 1 atom stereocenters. The van der Waals surface area contributed by atoms with Gasteiger partial charge in [0.1, 0.15) is 12.4 Å². The number of morpholine rings is 1. The molecule has 0 radical (unpaired) electrons. The van der Waals surface area contributed by atoms with E-state index in [1.54, 1.807) is 13.2 Å². The van der Waals surface area contributed by atoms with Gasteiger partial charge in [0, 0.05) is 19.6 Å². The van der Waals surface area contributed by atoms with Gasteiger partial charge in [0.05, 0.1) is 38.5 Å². The van der Waals surface area contributed by atoms with Crippen molar-refractivity contribution in [3.63, 3.8) is 0 Å². The van der Waals surface area contributed by atoms with E-state index < -0.39 is 0 Å². The summed E-state index contributed by atoms with van der Waals surface area (Å²) >= 11 is 0. The number of para-hydroxylation sites is 1. The fourth-order valence-corrected chi connectivity index (χ4v) is 4.31. The Balaban J connectivity index is 1.50. The third-order valence-corrected chi connectivity index (χ3v) is 6.18. The Hall–Kier alpha value is -3.55. The van der Waals surface area contributed by atoms with Crippen LogP contribution in [0.3, 0.4) is 0 Å². The number of ether oxygens (including phenoxy) is 4. The number of rotatable bonds is 11. The fourth-order valence-electron chi connectivity index (χ4n) is 4.31. The molecule has 0 saturated carbocycles. The van der Waals surface area contributed by atoms with Gasteiger partial charge in [-0.1, -0.05) is 48.5 Å². The van der Waals surface area contributed by atoms with E-state index in [9.17, 15) is 4.79 Å². The number of hydrogen-bond donors (Lipinski definition) is 1. The van der Waals surface area contributed by atoms with Crippen molar-refractivity contribution in [2.24, 2.45) is 0 Å². The molecule has 1 heterocycles. The average molecular weight is 491 g/mol. The predicted molar refractivity (Wildman–Crippen MR) is 139 cm³/mol. The molecule has 36 heavy (non-hydrogen) atoms. The van der Waals surface area contributed by atoms with Crippen LogP contribution in [0.5, 0.6) is 17.2 Å². The van der Waals surface area contributed by atoms with Crippen LogP contribution in [0.15, 0.2) is 72.8 Å². The molecule has 1 unspecified atom stereocenters. The lowest BCUT2D eigenvalue weighted by Gasteiger charge is -2.35. The SMILES string of the molecule is CCOc1ccc(C(CNC(=O)c2ccccc2OCc2ccccc2)N2CCOCC2)cc1OC. The standard InChI is InChI=1S/C29H34N2O5/c1-3-35-27-14-13-23(19-28(27)33-2)25(31-15-17-34-18-16-31)20-30-29(32)24-11-7-8-12-26(24)36-21-22-9-5-4-6-10-22/h4-14,19,25H,3,15-18,20-21H2,1-2H3,(H,30,32). The summed E-state index contributed by atoms with van der Waals surface area (Å²) in [5, 5.41) is 3.14. The molecule has 0 aliphatic carbocycles. The summed E-state index contributed by atoms with van der Waals surface area (Å²) in [5.74, 6) is 1.77. The Kier molecular flexibility index (Phi) is 9.19. The third kappa shape index (κ3) is 6.56. The maximum Gasteiger partial charge on any atom is 0.255 e. The zero-order valence-corrected chi connectivity index (χ0v) is 20.9. The minimum Gasteiger partial charge on any atom is -0.493 e. The summed E-state index contributed by atoms with van der Waals surface area (Å²) in [6.45, 7) is 6.23. The van der Waals surface area contributed by atoms with Crippen molar-refractivity contribution < 1.29 is 23.7 Å². The number of carbonyl (C=O) groups excluding carboxylic acids is 1. The van der Waals surface area contributed by atoms with Crippen LogP contribution in [0.4, 0.5) is 0 Å². The fraction of sp³-hybridized carbons (Fsp3) is 0.345. The van der Waals surface area contributed by atoms with Crippen molar-refractivity contribution in [2.45, 2.75) is 19.6 Å². The van der Waals surface area contributed by atoms with Crippen LogP contribution in [0.25, 0.3) is 0 Å². The normalized spacial score (nSPS) is 14.6. The molecule has 7 nitrogen and oxygen atoms in total. The molecule has 4 rings (SSSR count). The van der Waals surface area contributed by atoms with Crippen LogP contribution in [-0.2, 0) is 11.3 Å². The Morgan fingerprint density at radius 2 is 1.69 bits per heavy atom. The number of amides is 1. The van der Waals surface area contributed by atoms with Crippen LogP contribution in [0.2, 0.25) is 0 Å². The molecule has 1 aliphatic heterocycles. The van der Waals surface area contributed by atoms with E-state index in [0.29, 0.717) is 55.8 Å². The monoisotopic (exact) mass is 490 g/mol. The largest absolute Gasteiger partial charge is 0.493 e. The minimum atomic E-state index is -0.171.